The van der Waals surface area contributed by atoms with Crippen LogP contribution in [-0.2, 0) is 4.79 Å². The lowest BCUT2D eigenvalue weighted by Crippen LogP contribution is -2.37. The summed E-state index contributed by atoms with van der Waals surface area (Å²) < 4.78 is 0. The number of aliphatic hydroxyl groups excluding tert-OH is 1. The van der Waals surface area contributed by atoms with E-state index in [1.54, 1.807) is 4.90 Å². The van der Waals surface area contributed by atoms with Crippen molar-refractivity contribution in [2.45, 2.75) is 31.2 Å². The van der Waals surface area contributed by atoms with Crippen LogP contribution in [0, 0.1) is 5.92 Å². The Balaban J connectivity index is 2.48. The fourth-order valence-electron chi connectivity index (χ4n) is 1.40. The molecule has 76 valence electrons. The second-order valence-corrected chi connectivity index (χ2v) is 4.86. The minimum atomic E-state index is -0.323. The molecule has 1 N–H and O–H groups in total. The summed E-state index contributed by atoms with van der Waals surface area (Å²) in [4.78, 5) is 13.3. The summed E-state index contributed by atoms with van der Waals surface area (Å²) >= 11 is 3.36. The van der Waals surface area contributed by atoms with Crippen molar-refractivity contribution in [2.24, 2.45) is 5.92 Å². The third-order valence-electron chi connectivity index (χ3n) is 2.30. The van der Waals surface area contributed by atoms with Crippen molar-refractivity contribution in [1.29, 1.82) is 0 Å². The highest BCUT2D eigenvalue weighted by Crippen LogP contribution is 2.18. The zero-order valence-corrected chi connectivity index (χ0v) is 9.62. The number of amides is 1. The molecule has 0 saturated carbocycles. The van der Waals surface area contributed by atoms with Crippen LogP contribution in [0.3, 0.4) is 0 Å². The van der Waals surface area contributed by atoms with Crippen LogP contribution < -0.4 is 0 Å². The van der Waals surface area contributed by atoms with Crippen LogP contribution in [0.4, 0.5) is 0 Å². The molecule has 4 heteroatoms. The standard InChI is InChI=1S/C9H16BrNO2/c1-6(2)8(10)9(13)11-4-3-7(12)5-11/h6-8,12H,3-5H2,1-2H3/t7-,8?/m1/s1. The number of hydrogen-bond acceptors (Lipinski definition) is 2. The van der Waals surface area contributed by atoms with E-state index in [0.29, 0.717) is 25.4 Å². The van der Waals surface area contributed by atoms with E-state index in [0.717, 1.165) is 0 Å². The number of alkyl halides is 1. The van der Waals surface area contributed by atoms with E-state index in [1.165, 1.54) is 0 Å². The minimum absolute atomic E-state index is 0.103. The summed E-state index contributed by atoms with van der Waals surface area (Å²) in [5.41, 5.74) is 0. The number of β-amino-alcohol motifs (C(OH)–C–C–N with tert-alkyl or cyclic N) is 1. The molecule has 1 heterocycles. The Labute approximate surface area is 87.2 Å². The highest BCUT2D eigenvalue weighted by Gasteiger charge is 2.29. The molecule has 1 aliphatic rings. The number of carbonyl (C=O) groups is 1. The van der Waals surface area contributed by atoms with Crippen LogP contribution in [0.2, 0.25) is 0 Å². The van der Waals surface area contributed by atoms with Crippen molar-refractivity contribution in [2.75, 3.05) is 13.1 Å². The number of carbonyl (C=O) groups excluding carboxylic acids is 1. The second-order valence-electron chi connectivity index (χ2n) is 3.87. The van der Waals surface area contributed by atoms with Gasteiger partial charge in [-0.05, 0) is 12.3 Å². The van der Waals surface area contributed by atoms with Gasteiger partial charge in [0.15, 0.2) is 0 Å². The first-order valence-electron chi connectivity index (χ1n) is 4.63. The number of halogens is 1. The van der Waals surface area contributed by atoms with E-state index in [1.807, 2.05) is 13.8 Å². The molecule has 0 radical (unpaired) electrons. The van der Waals surface area contributed by atoms with Crippen molar-refractivity contribution in [3.05, 3.63) is 0 Å². The lowest BCUT2D eigenvalue weighted by Gasteiger charge is -2.21. The van der Waals surface area contributed by atoms with Crippen LogP contribution in [0.5, 0.6) is 0 Å². The molecule has 0 bridgehead atoms. The molecule has 1 fully saturated rings. The first-order valence-corrected chi connectivity index (χ1v) is 5.55. The maximum Gasteiger partial charge on any atom is 0.236 e. The number of aliphatic hydroxyl groups is 1. The zero-order chi connectivity index (χ0) is 10.0. The van der Waals surface area contributed by atoms with Gasteiger partial charge in [-0.15, -0.1) is 0 Å². The topological polar surface area (TPSA) is 40.5 Å². The lowest BCUT2D eigenvalue weighted by atomic mass is 10.1. The molecular weight excluding hydrogens is 234 g/mol. The smallest absolute Gasteiger partial charge is 0.236 e. The molecule has 1 amide bonds. The highest BCUT2D eigenvalue weighted by molar-refractivity contribution is 9.10. The monoisotopic (exact) mass is 249 g/mol. The molecule has 0 aliphatic carbocycles. The Morgan fingerprint density at radius 1 is 1.62 bits per heavy atom. The van der Waals surface area contributed by atoms with Crippen LogP contribution >= 0.6 is 15.9 Å². The molecule has 0 spiro atoms. The fraction of sp³-hybridized carbons (Fsp3) is 0.889. The second kappa shape index (κ2) is 4.42. The third kappa shape index (κ3) is 2.68. The molecular formula is C9H16BrNO2. The molecule has 3 nitrogen and oxygen atoms in total. The predicted molar refractivity (Wildman–Crippen MR) is 54.8 cm³/mol. The van der Waals surface area contributed by atoms with E-state index in [-0.39, 0.29) is 16.8 Å². The van der Waals surface area contributed by atoms with E-state index in [2.05, 4.69) is 15.9 Å². The van der Waals surface area contributed by atoms with Crippen molar-refractivity contribution >= 4 is 21.8 Å². The molecule has 0 aromatic heterocycles. The maximum atomic E-state index is 11.7. The molecule has 0 aromatic carbocycles. The van der Waals surface area contributed by atoms with Gasteiger partial charge in [0, 0.05) is 13.1 Å². The van der Waals surface area contributed by atoms with E-state index in [9.17, 15) is 9.90 Å². The summed E-state index contributed by atoms with van der Waals surface area (Å²) in [5.74, 6) is 0.400. The van der Waals surface area contributed by atoms with Crippen molar-refractivity contribution in [3.8, 4) is 0 Å². The Kier molecular flexibility index (Phi) is 3.74. The Bertz CT molecular complexity index is 196. The first-order chi connectivity index (χ1) is 6.02. The van der Waals surface area contributed by atoms with Gasteiger partial charge in [-0.3, -0.25) is 4.79 Å². The SMILES string of the molecule is CC(C)C(Br)C(=O)N1CC[C@@H](O)C1. The van der Waals surface area contributed by atoms with Gasteiger partial charge in [-0.25, -0.2) is 0 Å². The van der Waals surface area contributed by atoms with E-state index < -0.39 is 0 Å². The Morgan fingerprint density at radius 3 is 2.62 bits per heavy atom. The van der Waals surface area contributed by atoms with Crippen molar-refractivity contribution in [1.82, 2.24) is 4.90 Å². The average molecular weight is 250 g/mol. The maximum absolute atomic E-state index is 11.7. The lowest BCUT2D eigenvalue weighted by molar-refractivity contribution is -0.130. The van der Waals surface area contributed by atoms with E-state index >= 15 is 0 Å². The summed E-state index contributed by atoms with van der Waals surface area (Å²) in [7, 11) is 0. The van der Waals surface area contributed by atoms with Crippen molar-refractivity contribution < 1.29 is 9.90 Å². The number of likely N-dealkylation sites (tertiary alicyclic amines) is 1. The largest absolute Gasteiger partial charge is 0.391 e. The fourth-order valence-corrected chi connectivity index (χ4v) is 1.69. The normalized spacial score (nSPS) is 25.3. The summed E-state index contributed by atoms with van der Waals surface area (Å²) in [6, 6.07) is 0. The van der Waals surface area contributed by atoms with E-state index in [4.69, 9.17) is 0 Å². The zero-order valence-electron chi connectivity index (χ0n) is 8.03. The van der Waals surface area contributed by atoms with Crippen molar-refractivity contribution in [3.63, 3.8) is 0 Å². The molecule has 1 aliphatic heterocycles. The molecule has 0 aromatic rings. The van der Waals surface area contributed by atoms with Gasteiger partial charge in [0.05, 0.1) is 10.9 Å². The van der Waals surface area contributed by atoms with Gasteiger partial charge in [0.2, 0.25) is 5.91 Å². The van der Waals surface area contributed by atoms with Crippen LogP contribution in [0.25, 0.3) is 0 Å². The van der Waals surface area contributed by atoms with Gasteiger partial charge < -0.3 is 10.0 Å². The third-order valence-corrected chi connectivity index (χ3v) is 3.75. The highest BCUT2D eigenvalue weighted by atomic mass is 79.9. The Hall–Kier alpha value is -0.0900. The van der Waals surface area contributed by atoms with Crippen LogP contribution in [-0.4, -0.2) is 39.9 Å². The number of hydrogen-bond donors (Lipinski definition) is 1. The molecule has 1 unspecified atom stereocenters. The molecule has 1 rings (SSSR count). The van der Waals surface area contributed by atoms with Gasteiger partial charge in [0.25, 0.3) is 0 Å². The van der Waals surface area contributed by atoms with Crippen LogP contribution in [0.1, 0.15) is 20.3 Å². The number of nitrogens with zero attached hydrogens (tertiary/aromatic N) is 1. The minimum Gasteiger partial charge on any atom is -0.391 e. The average Bonchev–Trinajstić information content (AvgIpc) is 2.49. The Morgan fingerprint density at radius 2 is 2.23 bits per heavy atom. The van der Waals surface area contributed by atoms with Gasteiger partial charge in [0.1, 0.15) is 0 Å². The summed E-state index contributed by atoms with van der Waals surface area (Å²) in [5, 5.41) is 9.26. The number of rotatable bonds is 2. The van der Waals surface area contributed by atoms with Gasteiger partial charge in [-0.2, -0.15) is 0 Å². The summed E-state index contributed by atoms with van der Waals surface area (Å²) in [6.45, 7) is 5.19. The molecule has 1 saturated heterocycles. The summed E-state index contributed by atoms with van der Waals surface area (Å²) in [6.07, 6.45) is 0.389. The predicted octanol–water partition coefficient (Wildman–Crippen LogP) is 0.999. The molecule has 2 atom stereocenters. The quantitative estimate of drug-likeness (QED) is 0.743. The molecule has 13 heavy (non-hydrogen) atoms. The van der Waals surface area contributed by atoms with Gasteiger partial charge >= 0.3 is 0 Å². The first kappa shape index (κ1) is 11.0. The van der Waals surface area contributed by atoms with Gasteiger partial charge in [-0.1, -0.05) is 29.8 Å². The van der Waals surface area contributed by atoms with Crippen LogP contribution in [0.15, 0.2) is 0 Å².